The lowest BCUT2D eigenvalue weighted by atomic mass is 9.89. The van der Waals surface area contributed by atoms with Gasteiger partial charge in [-0.1, -0.05) is 106 Å². The van der Waals surface area contributed by atoms with Crippen LogP contribution in [0, 0.1) is 11.3 Å². The number of H-pyrrole nitrogens is 1. The molecule has 1 N–H and O–H groups in total. The van der Waals surface area contributed by atoms with E-state index in [9.17, 15) is 10.1 Å². The topological polar surface area (TPSA) is 74.5 Å². The van der Waals surface area contributed by atoms with Crippen LogP contribution in [-0.4, -0.2) is 14.8 Å². The summed E-state index contributed by atoms with van der Waals surface area (Å²) in [6.07, 6.45) is 1.87. The summed E-state index contributed by atoms with van der Waals surface area (Å²) in [5.74, 6) is 0. The molecular formula is C37H20BrClN4O. The Balaban J connectivity index is 1.47. The SMILES string of the molecule is N#Cc1c(-c2cn(-c3cccc(Cl)c3)nc2-c2ccc3ccc4cccc5ccc2c3c45)cc(-c2ccccc2Br)[nH]c1=O. The fraction of sp³-hybridized carbons (Fsp3) is 0. The van der Waals surface area contributed by atoms with E-state index >= 15 is 0 Å². The number of benzene rings is 6. The molecule has 8 aromatic rings. The van der Waals surface area contributed by atoms with E-state index < -0.39 is 5.56 Å². The number of hydrogen-bond donors (Lipinski definition) is 1. The van der Waals surface area contributed by atoms with Gasteiger partial charge in [-0.25, -0.2) is 4.68 Å². The van der Waals surface area contributed by atoms with Gasteiger partial charge in [-0.2, -0.15) is 10.4 Å². The van der Waals surface area contributed by atoms with E-state index in [1.807, 2.05) is 60.8 Å². The molecule has 0 aliphatic carbocycles. The number of halogens is 2. The Kier molecular flexibility index (Phi) is 6.12. The van der Waals surface area contributed by atoms with Gasteiger partial charge in [0, 0.05) is 37.9 Å². The Labute approximate surface area is 265 Å². The zero-order valence-corrected chi connectivity index (χ0v) is 25.3. The van der Waals surface area contributed by atoms with Crippen LogP contribution in [0.25, 0.3) is 71.6 Å². The molecule has 0 atom stereocenters. The Morgan fingerprint density at radius 2 is 1.48 bits per heavy atom. The van der Waals surface area contributed by atoms with Crippen LogP contribution in [-0.2, 0) is 0 Å². The molecule has 6 aromatic carbocycles. The number of nitrogens with zero attached hydrogens (tertiary/aromatic N) is 3. The lowest BCUT2D eigenvalue weighted by Crippen LogP contribution is -2.13. The first-order valence-electron chi connectivity index (χ1n) is 14.0. The smallest absolute Gasteiger partial charge is 0.266 e. The zero-order chi connectivity index (χ0) is 29.9. The van der Waals surface area contributed by atoms with E-state index in [0.717, 1.165) is 37.4 Å². The average Bonchev–Trinajstić information content (AvgIpc) is 3.49. The second kappa shape index (κ2) is 10.2. The highest BCUT2D eigenvalue weighted by molar-refractivity contribution is 9.10. The van der Waals surface area contributed by atoms with Gasteiger partial charge in [0.05, 0.1) is 11.4 Å². The van der Waals surface area contributed by atoms with Crippen LogP contribution in [0.2, 0.25) is 5.02 Å². The van der Waals surface area contributed by atoms with Gasteiger partial charge in [0.25, 0.3) is 5.56 Å². The molecule has 2 aromatic heterocycles. The molecular weight excluding hydrogens is 632 g/mol. The van der Waals surface area contributed by atoms with Crippen LogP contribution in [0.15, 0.2) is 125 Å². The number of pyridine rings is 1. The first-order valence-corrected chi connectivity index (χ1v) is 15.1. The van der Waals surface area contributed by atoms with Crippen LogP contribution in [0.5, 0.6) is 0 Å². The fourth-order valence-corrected chi connectivity index (χ4v) is 6.85. The molecule has 0 aliphatic heterocycles. The van der Waals surface area contributed by atoms with Crippen molar-refractivity contribution in [3.8, 4) is 45.4 Å². The minimum atomic E-state index is -0.465. The molecule has 0 fully saturated rings. The fourth-order valence-electron chi connectivity index (χ4n) is 6.17. The Morgan fingerprint density at radius 1 is 0.750 bits per heavy atom. The van der Waals surface area contributed by atoms with Crippen molar-refractivity contribution in [3.05, 3.63) is 141 Å². The van der Waals surface area contributed by atoms with Crippen molar-refractivity contribution in [2.75, 3.05) is 0 Å². The number of aromatic amines is 1. The number of nitriles is 1. The van der Waals surface area contributed by atoms with Gasteiger partial charge in [-0.15, -0.1) is 0 Å². The van der Waals surface area contributed by atoms with Crippen molar-refractivity contribution in [3.63, 3.8) is 0 Å². The molecule has 7 heteroatoms. The summed E-state index contributed by atoms with van der Waals surface area (Å²) in [6.45, 7) is 0. The van der Waals surface area contributed by atoms with Gasteiger partial charge in [-0.05, 0) is 62.6 Å². The maximum Gasteiger partial charge on any atom is 0.266 e. The molecule has 0 saturated carbocycles. The van der Waals surface area contributed by atoms with Crippen LogP contribution in [0.4, 0.5) is 0 Å². The molecule has 0 unspecified atom stereocenters. The number of hydrogen-bond acceptors (Lipinski definition) is 3. The van der Waals surface area contributed by atoms with Gasteiger partial charge >= 0.3 is 0 Å². The van der Waals surface area contributed by atoms with Crippen molar-refractivity contribution in [1.82, 2.24) is 14.8 Å². The van der Waals surface area contributed by atoms with Crippen LogP contribution in [0.1, 0.15) is 5.56 Å². The molecule has 0 bridgehead atoms. The molecule has 0 amide bonds. The molecule has 2 heterocycles. The van der Waals surface area contributed by atoms with E-state index in [4.69, 9.17) is 16.7 Å². The first-order chi connectivity index (χ1) is 21.5. The standard InChI is InChI=1S/C37H20BrClN4O/c38-32-10-2-1-9-28(32)33-18-29(30(19-40)37(44)41-33)31-20-43(25-8-4-7-24(39)17-25)42-36(31)27-16-14-23-12-11-21-5-3-6-22-13-15-26(27)35(23)34(21)22/h1-18,20H,(H,41,44). The van der Waals surface area contributed by atoms with Crippen molar-refractivity contribution in [2.45, 2.75) is 0 Å². The minimum absolute atomic E-state index is 0.0189. The van der Waals surface area contributed by atoms with Crippen molar-refractivity contribution in [2.24, 2.45) is 0 Å². The summed E-state index contributed by atoms with van der Waals surface area (Å²) in [6, 6.07) is 38.2. The highest BCUT2D eigenvalue weighted by Gasteiger charge is 2.23. The van der Waals surface area contributed by atoms with Crippen molar-refractivity contribution < 1.29 is 0 Å². The Morgan fingerprint density at radius 3 is 2.25 bits per heavy atom. The molecule has 0 spiro atoms. The predicted molar refractivity (Wildman–Crippen MR) is 182 cm³/mol. The Hall–Kier alpha value is -5.22. The van der Waals surface area contributed by atoms with E-state index in [2.05, 4.69) is 81.6 Å². The third kappa shape index (κ3) is 4.13. The van der Waals surface area contributed by atoms with Gasteiger partial charge in [0.2, 0.25) is 0 Å². The average molecular weight is 652 g/mol. The number of rotatable bonds is 4. The normalized spacial score (nSPS) is 11.5. The summed E-state index contributed by atoms with van der Waals surface area (Å²) in [4.78, 5) is 16.3. The molecule has 0 radical (unpaired) electrons. The van der Waals surface area contributed by atoms with Gasteiger partial charge in [0.15, 0.2) is 0 Å². The monoisotopic (exact) mass is 650 g/mol. The van der Waals surface area contributed by atoms with Crippen LogP contribution in [0.3, 0.4) is 0 Å². The maximum atomic E-state index is 13.4. The first kappa shape index (κ1) is 26.4. The summed E-state index contributed by atoms with van der Waals surface area (Å²) in [5.41, 5.74) is 4.43. The van der Waals surface area contributed by atoms with Crippen molar-refractivity contribution in [1.29, 1.82) is 5.26 Å². The molecule has 5 nitrogen and oxygen atoms in total. The van der Waals surface area contributed by atoms with E-state index in [-0.39, 0.29) is 5.56 Å². The summed E-state index contributed by atoms with van der Waals surface area (Å²) in [5, 5.41) is 22.8. The number of aromatic nitrogens is 3. The molecule has 0 aliphatic rings. The lowest BCUT2D eigenvalue weighted by Gasteiger charge is -2.14. The highest BCUT2D eigenvalue weighted by atomic mass is 79.9. The summed E-state index contributed by atoms with van der Waals surface area (Å²) in [7, 11) is 0. The third-order valence-electron chi connectivity index (χ3n) is 8.17. The summed E-state index contributed by atoms with van der Waals surface area (Å²) < 4.78 is 2.59. The third-order valence-corrected chi connectivity index (χ3v) is 9.10. The van der Waals surface area contributed by atoms with E-state index in [1.54, 1.807) is 4.68 Å². The number of nitrogens with one attached hydrogen (secondary N) is 1. The second-order valence-electron chi connectivity index (χ2n) is 10.7. The van der Waals surface area contributed by atoms with Crippen LogP contribution < -0.4 is 5.56 Å². The predicted octanol–water partition coefficient (Wildman–Crippen LogP) is 9.75. The molecule has 8 rings (SSSR count). The maximum absolute atomic E-state index is 13.4. The molecule has 0 saturated heterocycles. The molecule has 208 valence electrons. The van der Waals surface area contributed by atoms with Gasteiger partial charge in [-0.3, -0.25) is 4.79 Å². The van der Waals surface area contributed by atoms with Gasteiger partial charge < -0.3 is 4.98 Å². The van der Waals surface area contributed by atoms with Crippen molar-refractivity contribution >= 4 is 59.8 Å². The Bertz CT molecular complexity index is 2510. The largest absolute Gasteiger partial charge is 0.321 e. The zero-order valence-electron chi connectivity index (χ0n) is 23.0. The molecule has 44 heavy (non-hydrogen) atoms. The minimum Gasteiger partial charge on any atom is -0.321 e. The van der Waals surface area contributed by atoms with E-state index in [1.165, 1.54) is 16.2 Å². The summed E-state index contributed by atoms with van der Waals surface area (Å²) >= 11 is 9.99. The highest BCUT2D eigenvalue weighted by Crippen LogP contribution is 2.42. The van der Waals surface area contributed by atoms with Crippen LogP contribution >= 0.6 is 27.5 Å². The lowest BCUT2D eigenvalue weighted by molar-refractivity contribution is 0.885. The second-order valence-corrected chi connectivity index (χ2v) is 12.0. The quantitative estimate of drug-likeness (QED) is 0.193. The van der Waals surface area contributed by atoms with E-state index in [0.29, 0.717) is 27.5 Å². The van der Waals surface area contributed by atoms with Gasteiger partial charge in [0.1, 0.15) is 17.3 Å².